The van der Waals surface area contributed by atoms with Gasteiger partial charge in [0.15, 0.2) is 5.01 Å². The molecule has 2 aromatic carbocycles. The van der Waals surface area contributed by atoms with Gasteiger partial charge in [0, 0.05) is 13.1 Å². The van der Waals surface area contributed by atoms with E-state index in [4.69, 9.17) is 4.74 Å². The van der Waals surface area contributed by atoms with Gasteiger partial charge in [0.2, 0.25) is 11.7 Å². The number of carbonyl (C=O) groups is 3. The maximum Gasteiger partial charge on any atom is 0.407 e. The molecule has 2 amide bonds. The van der Waals surface area contributed by atoms with E-state index in [9.17, 15) is 14.4 Å². The lowest BCUT2D eigenvalue weighted by molar-refractivity contribution is -0.126. The van der Waals surface area contributed by atoms with Crippen LogP contribution in [0, 0.1) is 5.92 Å². The number of ether oxygens (including phenoxy) is 1. The van der Waals surface area contributed by atoms with E-state index in [0.717, 1.165) is 35.2 Å². The molecule has 10 heteroatoms. The first kappa shape index (κ1) is 28.6. The fourth-order valence-electron chi connectivity index (χ4n) is 4.20. The second kappa shape index (κ2) is 14.7. The van der Waals surface area contributed by atoms with Crippen LogP contribution in [0.1, 0.15) is 47.5 Å². The minimum atomic E-state index is -0.648. The zero-order valence-electron chi connectivity index (χ0n) is 20.6. The van der Waals surface area contributed by atoms with Crippen LogP contribution < -0.4 is 16.0 Å². The molecule has 0 unspecified atom stereocenters. The molecule has 3 N–H and O–H groups in total. The average molecular weight is 545 g/mol. The van der Waals surface area contributed by atoms with Crippen molar-refractivity contribution in [2.75, 3.05) is 19.6 Å². The van der Waals surface area contributed by atoms with Crippen molar-refractivity contribution < 1.29 is 19.1 Å². The minimum absolute atomic E-state index is 0. The number of rotatable bonds is 11. The molecule has 2 heterocycles. The summed E-state index contributed by atoms with van der Waals surface area (Å²) >= 11 is 1.35. The number of Topliss-reactive ketones (excluding diaryl/α,β-unsaturated/α-hetero) is 1. The van der Waals surface area contributed by atoms with Crippen LogP contribution in [0.5, 0.6) is 0 Å². The molecule has 0 bridgehead atoms. The van der Waals surface area contributed by atoms with Crippen molar-refractivity contribution in [1.29, 1.82) is 0 Å². The molecule has 1 fully saturated rings. The number of para-hydroxylation sites is 1. The summed E-state index contributed by atoms with van der Waals surface area (Å²) in [6, 6.07) is 16.5. The number of halogens is 1. The zero-order valence-corrected chi connectivity index (χ0v) is 22.2. The van der Waals surface area contributed by atoms with E-state index in [1.807, 2.05) is 54.6 Å². The summed E-state index contributed by atoms with van der Waals surface area (Å²) in [6.07, 6.45) is 3.07. The molecule has 4 rings (SSSR count). The molecular weight excluding hydrogens is 512 g/mol. The summed E-state index contributed by atoms with van der Waals surface area (Å²) in [7, 11) is 0. The van der Waals surface area contributed by atoms with E-state index >= 15 is 0 Å². The molecule has 3 aromatic rings. The topological polar surface area (TPSA) is 109 Å². The number of alkyl carbamates (subject to hydrolysis) is 1. The van der Waals surface area contributed by atoms with Gasteiger partial charge in [-0.05, 0) is 56.3 Å². The third kappa shape index (κ3) is 8.52. The Morgan fingerprint density at radius 3 is 2.62 bits per heavy atom. The minimum Gasteiger partial charge on any atom is -0.445 e. The van der Waals surface area contributed by atoms with Crippen LogP contribution in [0.25, 0.3) is 10.2 Å². The second-order valence-corrected chi connectivity index (χ2v) is 9.97. The molecule has 37 heavy (non-hydrogen) atoms. The molecule has 1 aromatic heterocycles. The van der Waals surface area contributed by atoms with E-state index in [-0.39, 0.29) is 36.6 Å². The summed E-state index contributed by atoms with van der Waals surface area (Å²) in [5.74, 6) is -0.390. The van der Waals surface area contributed by atoms with Crippen molar-refractivity contribution in [3.8, 4) is 0 Å². The van der Waals surface area contributed by atoms with Crippen molar-refractivity contribution in [3.05, 3.63) is 65.2 Å². The van der Waals surface area contributed by atoms with Crippen LogP contribution in [-0.2, 0) is 16.1 Å². The molecule has 0 saturated carbocycles. The van der Waals surface area contributed by atoms with Crippen LogP contribution in [0.3, 0.4) is 0 Å². The number of ketones is 1. The van der Waals surface area contributed by atoms with Crippen LogP contribution in [0.2, 0.25) is 0 Å². The molecule has 0 aliphatic carbocycles. The lowest BCUT2D eigenvalue weighted by Gasteiger charge is -2.24. The van der Waals surface area contributed by atoms with Crippen molar-refractivity contribution in [2.24, 2.45) is 5.92 Å². The van der Waals surface area contributed by atoms with Crippen LogP contribution >= 0.6 is 23.7 Å². The van der Waals surface area contributed by atoms with Gasteiger partial charge >= 0.3 is 6.09 Å². The summed E-state index contributed by atoms with van der Waals surface area (Å²) < 4.78 is 6.17. The molecule has 1 aliphatic rings. The number of nitrogens with zero attached hydrogens (tertiary/aromatic N) is 1. The van der Waals surface area contributed by atoms with Crippen molar-refractivity contribution in [1.82, 2.24) is 20.9 Å². The third-order valence-corrected chi connectivity index (χ3v) is 7.26. The molecule has 198 valence electrons. The highest BCUT2D eigenvalue weighted by Gasteiger charge is 2.28. The Morgan fingerprint density at radius 2 is 1.86 bits per heavy atom. The fourth-order valence-corrected chi connectivity index (χ4v) is 5.16. The van der Waals surface area contributed by atoms with E-state index < -0.39 is 12.1 Å². The summed E-state index contributed by atoms with van der Waals surface area (Å²) in [6.45, 7) is 2.19. The number of unbranched alkanes of at least 4 members (excludes halogenated alkanes) is 1. The Hall–Kier alpha value is -3.01. The van der Waals surface area contributed by atoms with Gasteiger partial charge in [0.1, 0.15) is 6.61 Å². The van der Waals surface area contributed by atoms with Crippen LogP contribution in [0.4, 0.5) is 4.79 Å². The van der Waals surface area contributed by atoms with Gasteiger partial charge in [0.25, 0.3) is 0 Å². The van der Waals surface area contributed by atoms with Gasteiger partial charge in [-0.3, -0.25) is 9.59 Å². The fraction of sp³-hybridized carbons (Fsp3) is 0.407. The van der Waals surface area contributed by atoms with Crippen molar-refractivity contribution >= 4 is 51.7 Å². The maximum atomic E-state index is 13.4. The van der Waals surface area contributed by atoms with E-state index in [1.54, 1.807) is 0 Å². The van der Waals surface area contributed by atoms with E-state index in [2.05, 4.69) is 20.9 Å². The zero-order chi connectivity index (χ0) is 25.2. The Morgan fingerprint density at radius 1 is 1.08 bits per heavy atom. The number of aromatic nitrogens is 1. The predicted molar refractivity (Wildman–Crippen MR) is 147 cm³/mol. The van der Waals surface area contributed by atoms with Crippen LogP contribution in [0.15, 0.2) is 54.6 Å². The average Bonchev–Trinajstić information content (AvgIpc) is 3.36. The quantitative estimate of drug-likeness (QED) is 0.242. The Balaban J connectivity index is 0.00000380. The molecular formula is C27H33ClN4O4S. The molecule has 0 spiro atoms. The summed E-state index contributed by atoms with van der Waals surface area (Å²) in [5.41, 5.74) is 1.71. The van der Waals surface area contributed by atoms with Gasteiger partial charge in [-0.2, -0.15) is 0 Å². The van der Waals surface area contributed by atoms with Crippen LogP contribution in [-0.4, -0.2) is 48.4 Å². The first-order valence-electron chi connectivity index (χ1n) is 12.5. The van der Waals surface area contributed by atoms with Crippen molar-refractivity contribution in [2.45, 2.75) is 44.8 Å². The molecule has 2 atom stereocenters. The molecule has 8 nitrogen and oxygen atoms in total. The highest BCUT2D eigenvalue weighted by atomic mass is 35.5. The highest BCUT2D eigenvalue weighted by molar-refractivity contribution is 7.20. The van der Waals surface area contributed by atoms with Gasteiger partial charge < -0.3 is 20.7 Å². The first-order valence-corrected chi connectivity index (χ1v) is 13.3. The number of benzene rings is 2. The largest absolute Gasteiger partial charge is 0.445 e. The number of carbonyl (C=O) groups excluding carboxylic acids is 3. The Labute approximate surface area is 227 Å². The van der Waals surface area contributed by atoms with Gasteiger partial charge in [-0.1, -0.05) is 42.5 Å². The monoisotopic (exact) mass is 544 g/mol. The number of nitrogens with one attached hydrogen (secondary N) is 3. The molecule has 1 aliphatic heterocycles. The third-order valence-electron chi connectivity index (χ3n) is 6.21. The summed E-state index contributed by atoms with van der Waals surface area (Å²) in [5, 5.41) is 9.40. The second-order valence-electron chi connectivity index (χ2n) is 8.94. The normalized spacial score (nSPS) is 15.8. The number of thiazole rings is 1. The maximum absolute atomic E-state index is 13.4. The predicted octanol–water partition coefficient (Wildman–Crippen LogP) is 4.48. The number of piperidine rings is 1. The number of amides is 2. The number of hydrogen-bond acceptors (Lipinski definition) is 7. The highest BCUT2D eigenvalue weighted by Crippen LogP contribution is 2.23. The van der Waals surface area contributed by atoms with E-state index in [1.165, 1.54) is 11.3 Å². The number of hydrogen-bond donors (Lipinski definition) is 3. The Bertz CT molecular complexity index is 1130. The van der Waals surface area contributed by atoms with Gasteiger partial charge in [0.05, 0.1) is 22.2 Å². The standard InChI is InChI=1S/C27H32N4O4S.ClH/c32-24(26-31-21-12-4-5-14-23(21)36-26)22(30-25(33)20-11-8-15-28-17-20)13-6-7-16-29-27(34)35-18-19-9-2-1-3-10-19;/h1-5,9-10,12,14,20,22,28H,6-8,11,13,15-18H2,(H,29,34)(H,30,33);1H/t20-,22+;/m1./s1. The molecule has 1 saturated heterocycles. The number of fused-ring (bicyclic) bond motifs is 1. The Kier molecular flexibility index (Phi) is 11.3. The summed E-state index contributed by atoms with van der Waals surface area (Å²) in [4.78, 5) is 42.7. The smallest absolute Gasteiger partial charge is 0.407 e. The van der Waals surface area contributed by atoms with Crippen molar-refractivity contribution in [3.63, 3.8) is 0 Å². The van der Waals surface area contributed by atoms with Gasteiger partial charge in [-0.25, -0.2) is 9.78 Å². The first-order chi connectivity index (χ1) is 17.6. The SMILES string of the molecule is Cl.O=C(NCCCC[C@H](NC(=O)[C@@H]1CCCNC1)C(=O)c1nc2ccccc2s1)OCc1ccccc1. The lowest BCUT2D eigenvalue weighted by Crippen LogP contribution is -2.47. The molecule has 0 radical (unpaired) electrons. The lowest BCUT2D eigenvalue weighted by atomic mass is 9.97. The van der Waals surface area contributed by atoms with Gasteiger partial charge in [-0.15, -0.1) is 23.7 Å². The van der Waals surface area contributed by atoms with E-state index in [0.29, 0.717) is 37.4 Å².